The van der Waals surface area contributed by atoms with Crippen LogP contribution in [0.1, 0.15) is 22.5 Å². The van der Waals surface area contributed by atoms with Crippen LogP contribution in [0.4, 0.5) is 5.82 Å². The summed E-state index contributed by atoms with van der Waals surface area (Å²) >= 11 is 0. The highest BCUT2D eigenvalue weighted by molar-refractivity contribution is 5.57. The fraction of sp³-hybridized carbons (Fsp3) is 0.400. The van der Waals surface area contributed by atoms with E-state index in [4.69, 9.17) is 5.73 Å². The number of hydrogen-bond acceptors (Lipinski definition) is 4. The van der Waals surface area contributed by atoms with Crippen LogP contribution >= 0.6 is 0 Å². The number of anilines is 1. The molecule has 2 aromatic rings. The van der Waals surface area contributed by atoms with Gasteiger partial charge in [-0.2, -0.15) is 9.61 Å². The van der Waals surface area contributed by atoms with Gasteiger partial charge in [-0.05, 0) is 27.7 Å². The normalized spacial score (nSPS) is 10.4. The highest BCUT2D eigenvalue weighted by Gasteiger charge is 2.11. The maximum absolute atomic E-state index is 5.96. The minimum Gasteiger partial charge on any atom is -0.383 e. The molecular formula is C10H17N5. The molecule has 15 heavy (non-hydrogen) atoms. The molecule has 0 radical (unpaired) electrons. The summed E-state index contributed by atoms with van der Waals surface area (Å²) in [5, 5.41) is 4.34. The van der Waals surface area contributed by atoms with Crippen molar-refractivity contribution in [3.63, 3.8) is 0 Å². The number of nitrogens with two attached hydrogens (primary N) is 1. The van der Waals surface area contributed by atoms with Crippen LogP contribution in [0.2, 0.25) is 0 Å². The maximum atomic E-state index is 5.96. The highest BCUT2D eigenvalue weighted by Crippen LogP contribution is 2.19. The van der Waals surface area contributed by atoms with E-state index in [9.17, 15) is 0 Å². The van der Waals surface area contributed by atoms with Gasteiger partial charge in [-0.25, -0.2) is 4.98 Å². The molecule has 0 aliphatic rings. The quantitative estimate of drug-likeness (QED) is 0.687. The number of nitrogen functional groups attached to an aromatic ring is 1. The molecule has 5 heteroatoms. The van der Waals surface area contributed by atoms with E-state index in [1.165, 1.54) is 0 Å². The number of aromatic nitrogens is 3. The number of aryl methyl sites for hydroxylation is 3. The molecule has 2 heterocycles. The minimum atomic E-state index is 0. The van der Waals surface area contributed by atoms with Crippen molar-refractivity contribution in [3.05, 3.63) is 22.5 Å². The van der Waals surface area contributed by atoms with Crippen molar-refractivity contribution in [2.24, 2.45) is 0 Å². The van der Waals surface area contributed by atoms with E-state index >= 15 is 0 Å². The lowest BCUT2D eigenvalue weighted by molar-refractivity contribution is 0.910. The van der Waals surface area contributed by atoms with Gasteiger partial charge < -0.3 is 11.9 Å². The van der Waals surface area contributed by atoms with Gasteiger partial charge in [-0.15, -0.1) is 0 Å². The summed E-state index contributed by atoms with van der Waals surface area (Å²) in [4.78, 5) is 4.48. The fourth-order valence-electron chi connectivity index (χ4n) is 1.48. The monoisotopic (exact) mass is 207 g/mol. The molecule has 0 aromatic carbocycles. The summed E-state index contributed by atoms with van der Waals surface area (Å²) < 4.78 is 1.72. The van der Waals surface area contributed by atoms with Crippen LogP contribution in [0.5, 0.6) is 0 Å². The average molecular weight is 207 g/mol. The van der Waals surface area contributed by atoms with E-state index < -0.39 is 0 Å². The largest absolute Gasteiger partial charge is 0.383 e. The highest BCUT2D eigenvalue weighted by atomic mass is 15.3. The third kappa shape index (κ3) is 1.45. The van der Waals surface area contributed by atoms with Crippen molar-refractivity contribution in [3.8, 4) is 0 Å². The van der Waals surface area contributed by atoms with Crippen LogP contribution in [0.3, 0.4) is 0 Å². The van der Waals surface area contributed by atoms with E-state index in [0.29, 0.717) is 5.82 Å². The van der Waals surface area contributed by atoms with Crippen LogP contribution in [0, 0.1) is 27.7 Å². The van der Waals surface area contributed by atoms with Crippen LogP contribution < -0.4 is 11.9 Å². The SMILES string of the molecule is Cc1nc2c(C)c(C)nn2c(N)c1C.N. The Hall–Kier alpha value is -1.62. The maximum Gasteiger partial charge on any atom is 0.160 e. The molecule has 0 fully saturated rings. The standard InChI is InChI=1S/C10H14N4.H3N/c1-5-7(3)12-10-6(2)8(4)13-14(10)9(5)11;/h11H2,1-4H3;1H3. The summed E-state index contributed by atoms with van der Waals surface area (Å²) in [6.45, 7) is 7.91. The van der Waals surface area contributed by atoms with Crippen molar-refractivity contribution in [2.45, 2.75) is 27.7 Å². The molecule has 2 rings (SSSR count). The van der Waals surface area contributed by atoms with Crippen LogP contribution in [-0.4, -0.2) is 14.6 Å². The molecule has 0 saturated carbocycles. The first-order valence-electron chi connectivity index (χ1n) is 4.61. The summed E-state index contributed by atoms with van der Waals surface area (Å²) in [6.07, 6.45) is 0. The molecule has 0 amide bonds. The smallest absolute Gasteiger partial charge is 0.160 e. The number of fused-ring (bicyclic) bond motifs is 1. The third-order valence-electron chi connectivity index (χ3n) is 2.76. The summed E-state index contributed by atoms with van der Waals surface area (Å²) in [7, 11) is 0. The van der Waals surface area contributed by atoms with Gasteiger partial charge in [0.2, 0.25) is 0 Å². The Balaban J connectivity index is 0.00000112. The molecule has 0 aliphatic carbocycles. The fourth-order valence-corrected chi connectivity index (χ4v) is 1.48. The van der Waals surface area contributed by atoms with Crippen molar-refractivity contribution in [2.75, 3.05) is 5.73 Å². The second kappa shape index (κ2) is 3.51. The molecule has 5 N–H and O–H groups in total. The second-order valence-corrected chi connectivity index (χ2v) is 3.65. The molecule has 2 aromatic heterocycles. The van der Waals surface area contributed by atoms with E-state index in [1.807, 2.05) is 27.7 Å². The Morgan fingerprint density at radius 1 is 1.00 bits per heavy atom. The zero-order chi connectivity index (χ0) is 10.5. The van der Waals surface area contributed by atoms with Crippen LogP contribution in [0.25, 0.3) is 5.65 Å². The lowest BCUT2D eigenvalue weighted by Crippen LogP contribution is -2.05. The number of rotatable bonds is 0. The first kappa shape index (κ1) is 11.5. The van der Waals surface area contributed by atoms with Crippen LogP contribution in [-0.2, 0) is 0 Å². The van der Waals surface area contributed by atoms with E-state index in [0.717, 1.165) is 28.2 Å². The molecule has 0 aliphatic heterocycles. The zero-order valence-electron chi connectivity index (χ0n) is 9.63. The molecule has 0 atom stereocenters. The first-order valence-corrected chi connectivity index (χ1v) is 4.61. The molecule has 5 nitrogen and oxygen atoms in total. The second-order valence-electron chi connectivity index (χ2n) is 3.65. The van der Waals surface area contributed by atoms with Crippen molar-refractivity contribution in [1.29, 1.82) is 0 Å². The van der Waals surface area contributed by atoms with Crippen molar-refractivity contribution >= 4 is 11.5 Å². The zero-order valence-corrected chi connectivity index (χ0v) is 9.63. The van der Waals surface area contributed by atoms with Gasteiger partial charge in [0.25, 0.3) is 0 Å². The van der Waals surface area contributed by atoms with Gasteiger partial charge in [0.1, 0.15) is 5.82 Å². The van der Waals surface area contributed by atoms with Gasteiger partial charge in [0, 0.05) is 16.8 Å². The third-order valence-corrected chi connectivity index (χ3v) is 2.76. The molecular weight excluding hydrogens is 190 g/mol. The van der Waals surface area contributed by atoms with Gasteiger partial charge >= 0.3 is 0 Å². The Morgan fingerprint density at radius 3 is 2.20 bits per heavy atom. The Morgan fingerprint density at radius 2 is 1.60 bits per heavy atom. The van der Waals surface area contributed by atoms with Gasteiger partial charge in [-0.3, -0.25) is 0 Å². The lowest BCUT2D eigenvalue weighted by Gasteiger charge is -2.05. The van der Waals surface area contributed by atoms with E-state index in [-0.39, 0.29) is 6.15 Å². The van der Waals surface area contributed by atoms with Gasteiger partial charge in [-0.1, -0.05) is 0 Å². The molecule has 0 unspecified atom stereocenters. The topological polar surface area (TPSA) is 91.2 Å². The number of nitrogens with zero attached hydrogens (tertiary/aromatic N) is 3. The van der Waals surface area contributed by atoms with Crippen molar-refractivity contribution < 1.29 is 0 Å². The molecule has 0 bridgehead atoms. The van der Waals surface area contributed by atoms with Gasteiger partial charge in [0.15, 0.2) is 5.65 Å². The minimum absolute atomic E-state index is 0. The lowest BCUT2D eigenvalue weighted by atomic mass is 10.2. The molecule has 0 spiro atoms. The Kier molecular flexibility index (Phi) is 2.68. The summed E-state index contributed by atoms with van der Waals surface area (Å²) in [5.74, 6) is 0.684. The average Bonchev–Trinajstić information content (AvgIpc) is 2.42. The Labute approximate surface area is 88.9 Å². The number of hydrogen-bond donors (Lipinski definition) is 2. The van der Waals surface area contributed by atoms with Gasteiger partial charge in [0.05, 0.1) is 5.69 Å². The van der Waals surface area contributed by atoms with E-state index in [2.05, 4.69) is 10.1 Å². The predicted molar refractivity (Wildman–Crippen MR) is 61.4 cm³/mol. The van der Waals surface area contributed by atoms with Crippen LogP contribution in [0.15, 0.2) is 0 Å². The summed E-state index contributed by atoms with van der Waals surface area (Å²) in [5.41, 5.74) is 10.9. The predicted octanol–water partition coefficient (Wildman–Crippen LogP) is 1.71. The Bertz CT molecular complexity index is 512. The first-order chi connectivity index (χ1) is 6.52. The van der Waals surface area contributed by atoms with E-state index in [1.54, 1.807) is 4.52 Å². The van der Waals surface area contributed by atoms with Crippen molar-refractivity contribution in [1.82, 2.24) is 20.7 Å². The molecule has 0 saturated heterocycles. The summed E-state index contributed by atoms with van der Waals surface area (Å²) in [6, 6.07) is 0. The molecule has 82 valence electrons.